The van der Waals surface area contributed by atoms with Crippen LogP contribution in [0.2, 0.25) is 10.0 Å². The molecule has 1 aromatic heterocycles. The zero-order chi connectivity index (χ0) is 15.6. The number of aryl methyl sites for hydroxylation is 1. The molecule has 2 aromatic rings. The summed E-state index contributed by atoms with van der Waals surface area (Å²) in [7, 11) is 0. The van der Waals surface area contributed by atoms with Crippen LogP contribution in [-0.2, 0) is 13.1 Å². The van der Waals surface area contributed by atoms with Gasteiger partial charge in [0.2, 0.25) is 0 Å². The average Bonchev–Trinajstić information content (AvgIpc) is 2.71. The van der Waals surface area contributed by atoms with Crippen LogP contribution >= 0.6 is 23.2 Å². The number of nitrogens with one attached hydrogen (secondary N) is 1. The number of hydrogen-bond acceptors (Lipinski definition) is 2. The fraction of sp³-hybridized carbons (Fsp3) is 0.438. The van der Waals surface area contributed by atoms with E-state index >= 15 is 0 Å². The Labute approximate surface area is 136 Å². The summed E-state index contributed by atoms with van der Waals surface area (Å²) < 4.78 is 1.89. The van der Waals surface area contributed by atoms with E-state index < -0.39 is 0 Å². The number of rotatable bonds is 4. The third-order valence-corrected chi connectivity index (χ3v) is 3.95. The molecule has 0 radical (unpaired) electrons. The summed E-state index contributed by atoms with van der Waals surface area (Å²) in [5, 5.41) is 9.36. The summed E-state index contributed by atoms with van der Waals surface area (Å²) in [6.45, 7) is 9.84. The van der Waals surface area contributed by atoms with E-state index in [1.54, 1.807) is 0 Å². The lowest BCUT2D eigenvalue weighted by Gasteiger charge is -2.20. The lowest BCUT2D eigenvalue weighted by atomic mass is 10.1. The van der Waals surface area contributed by atoms with Crippen molar-refractivity contribution in [2.75, 3.05) is 0 Å². The van der Waals surface area contributed by atoms with Gasteiger partial charge in [0.25, 0.3) is 0 Å². The van der Waals surface area contributed by atoms with Crippen LogP contribution in [-0.4, -0.2) is 15.3 Å². The fourth-order valence-corrected chi connectivity index (χ4v) is 2.54. The van der Waals surface area contributed by atoms with Crippen molar-refractivity contribution in [2.24, 2.45) is 0 Å². The third kappa shape index (κ3) is 4.47. The van der Waals surface area contributed by atoms with Gasteiger partial charge in [0.05, 0.1) is 12.2 Å². The van der Waals surface area contributed by atoms with Crippen LogP contribution in [0.1, 0.15) is 37.6 Å². The molecule has 0 unspecified atom stereocenters. The van der Waals surface area contributed by atoms with Gasteiger partial charge >= 0.3 is 0 Å². The predicted molar refractivity (Wildman–Crippen MR) is 89.1 cm³/mol. The van der Waals surface area contributed by atoms with Crippen molar-refractivity contribution in [3.8, 4) is 0 Å². The average molecular weight is 326 g/mol. The van der Waals surface area contributed by atoms with E-state index in [-0.39, 0.29) is 5.54 Å². The van der Waals surface area contributed by atoms with Crippen LogP contribution in [0.15, 0.2) is 24.4 Å². The van der Waals surface area contributed by atoms with Gasteiger partial charge in [-0.2, -0.15) is 5.10 Å². The number of aromatic nitrogens is 2. The molecule has 0 amide bonds. The minimum absolute atomic E-state index is 0.0839. The smallest absolute Gasteiger partial charge is 0.0688 e. The highest BCUT2D eigenvalue weighted by atomic mass is 35.5. The molecule has 5 heteroatoms. The largest absolute Gasteiger partial charge is 0.308 e. The maximum absolute atomic E-state index is 6.21. The van der Waals surface area contributed by atoms with Gasteiger partial charge in [-0.1, -0.05) is 29.3 Å². The molecule has 0 saturated carbocycles. The van der Waals surface area contributed by atoms with Crippen LogP contribution in [0.5, 0.6) is 0 Å². The molecule has 0 aliphatic carbocycles. The van der Waals surface area contributed by atoms with Crippen molar-refractivity contribution in [1.29, 1.82) is 0 Å². The number of nitrogens with zero attached hydrogens (tertiary/aromatic N) is 2. The summed E-state index contributed by atoms with van der Waals surface area (Å²) >= 11 is 12.4. The molecule has 3 nitrogen and oxygen atoms in total. The molecule has 21 heavy (non-hydrogen) atoms. The molecular formula is C16H21Cl2N3. The van der Waals surface area contributed by atoms with Crippen LogP contribution < -0.4 is 5.32 Å². The van der Waals surface area contributed by atoms with Crippen LogP contribution in [0.4, 0.5) is 0 Å². The minimum atomic E-state index is 0.0839. The number of halogens is 2. The van der Waals surface area contributed by atoms with Crippen LogP contribution in [0.3, 0.4) is 0 Å². The van der Waals surface area contributed by atoms with Crippen LogP contribution in [0, 0.1) is 6.92 Å². The number of hydrogen-bond donors (Lipinski definition) is 1. The molecular weight excluding hydrogens is 305 g/mol. The lowest BCUT2D eigenvalue weighted by molar-refractivity contribution is 0.423. The SMILES string of the molecule is Cc1nn(Cc2c(Cl)cccc2Cl)cc1CNC(C)(C)C. The topological polar surface area (TPSA) is 29.9 Å². The summed E-state index contributed by atoms with van der Waals surface area (Å²) in [5.41, 5.74) is 3.20. The second-order valence-electron chi connectivity index (χ2n) is 6.24. The molecule has 0 bridgehead atoms. The Morgan fingerprint density at radius 3 is 2.38 bits per heavy atom. The molecule has 1 aromatic carbocycles. The highest BCUT2D eigenvalue weighted by Gasteiger charge is 2.13. The second kappa shape index (κ2) is 6.39. The van der Waals surface area contributed by atoms with E-state index in [1.165, 1.54) is 5.56 Å². The molecule has 0 atom stereocenters. The quantitative estimate of drug-likeness (QED) is 0.900. The summed E-state index contributed by atoms with van der Waals surface area (Å²) in [6, 6.07) is 5.55. The predicted octanol–water partition coefficient (Wildman–Crippen LogP) is 4.43. The Hall–Kier alpha value is -1.03. The maximum Gasteiger partial charge on any atom is 0.0688 e. The van der Waals surface area contributed by atoms with Gasteiger partial charge < -0.3 is 5.32 Å². The van der Waals surface area contributed by atoms with E-state index in [0.29, 0.717) is 16.6 Å². The molecule has 114 valence electrons. The number of benzene rings is 1. The Morgan fingerprint density at radius 2 is 1.81 bits per heavy atom. The van der Waals surface area contributed by atoms with Gasteiger partial charge in [-0.3, -0.25) is 4.68 Å². The van der Waals surface area contributed by atoms with Gasteiger partial charge in [-0.05, 0) is 39.8 Å². The Bertz CT molecular complexity index is 607. The van der Waals surface area contributed by atoms with E-state index in [9.17, 15) is 0 Å². The summed E-state index contributed by atoms with van der Waals surface area (Å²) in [4.78, 5) is 0. The fourth-order valence-electron chi connectivity index (χ4n) is 2.02. The first-order valence-corrected chi connectivity index (χ1v) is 7.73. The third-order valence-electron chi connectivity index (χ3n) is 3.24. The van der Waals surface area contributed by atoms with E-state index in [0.717, 1.165) is 17.8 Å². The van der Waals surface area contributed by atoms with Crippen molar-refractivity contribution < 1.29 is 0 Å². The normalized spacial score (nSPS) is 11.9. The van der Waals surface area contributed by atoms with Crippen molar-refractivity contribution in [3.05, 3.63) is 51.3 Å². The van der Waals surface area contributed by atoms with E-state index in [4.69, 9.17) is 23.2 Å². The first-order chi connectivity index (χ1) is 9.76. The first-order valence-electron chi connectivity index (χ1n) is 6.97. The molecule has 0 spiro atoms. The lowest BCUT2D eigenvalue weighted by Crippen LogP contribution is -2.35. The minimum Gasteiger partial charge on any atom is -0.308 e. The maximum atomic E-state index is 6.21. The van der Waals surface area contributed by atoms with Gasteiger partial charge in [0.1, 0.15) is 0 Å². The molecule has 2 rings (SSSR count). The van der Waals surface area contributed by atoms with Gasteiger partial charge in [0, 0.05) is 39.5 Å². The highest BCUT2D eigenvalue weighted by molar-refractivity contribution is 6.35. The first kappa shape index (κ1) is 16.3. The standard InChI is InChI=1S/C16H21Cl2N3/c1-11-12(8-19-16(2,3)4)9-21(20-11)10-13-14(17)6-5-7-15(13)18/h5-7,9,19H,8,10H2,1-4H3. The van der Waals surface area contributed by atoms with Crippen LogP contribution in [0.25, 0.3) is 0 Å². The summed E-state index contributed by atoms with van der Waals surface area (Å²) in [5.74, 6) is 0. The molecule has 1 N–H and O–H groups in total. The molecule has 0 aliphatic heterocycles. The monoisotopic (exact) mass is 325 g/mol. The van der Waals surface area contributed by atoms with E-state index in [1.807, 2.05) is 36.0 Å². The van der Waals surface area contributed by atoms with E-state index in [2.05, 4.69) is 31.2 Å². The molecule has 1 heterocycles. The zero-order valence-electron chi connectivity index (χ0n) is 12.9. The van der Waals surface area contributed by atoms with Crippen molar-refractivity contribution in [2.45, 2.75) is 46.3 Å². The Balaban J connectivity index is 2.15. The molecule has 0 aliphatic rings. The Morgan fingerprint density at radius 1 is 1.19 bits per heavy atom. The van der Waals surface area contributed by atoms with Crippen molar-refractivity contribution in [1.82, 2.24) is 15.1 Å². The van der Waals surface area contributed by atoms with Gasteiger partial charge in [-0.15, -0.1) is 0 Å². The van der Waals surface area contributed by atoms with Gasteiger partial charge in [-0.25, -0.2) is 0 Å². The summed E-state index contributed by atoms with van der Waals surface area (Å²) in [6.07, 6.45) is 2.05. The second-order valence-corrected chi connectivity index (χ2v) is 7.06. The molecule has 0 saturated heterocycles. The molecule has 0 fully saturated rings. The Kier molecular flexibility index (Phi) is 4.97. The zero-order valence-corrected chi connectivity index (χ0v) is 14.4. The van der Waals surface area contributed by atoms with Crippen molar-refractivity contribution >= 4 is 23.2 Å². The van der Waals surface area contributed by atoms with Crippen molar-refractivity contribution in [3.63, 3.8) is 0 Å². The highest BCUT2D eigenvalue weighted by Crippen LogP contribution is 2.25. The van der Waals surface area contributed by atoms with Gasteiger partial charge in [0.15, 0.2) is 0 Å².